The molecule has 1 aromatic rings. The first-order valence-electron chi connectivity index (χ1n) is 7.50. The van der Waals surface area contributed by atoms with Gasteiger partial charge in [0.2, 0.25) is 10.1 Å². The lowest BCUT2D eigenvalue weighted by molar-refractivity contribution is 0.0888. The second kappa shape index (κ2) is 7.02. The van der Waals surface area contributed by atoms with Crippen LogP contribution in [0.4, 0.5) is 5.13 Å². The van der Waals surface area contributed by atoms with Gasteiger partial charge >= 0.3 is 0 Å². The van der Waals surface area contributed by atoms with E-state index in [9.17, 15) is 4.79 Å². The Morgan fingerprint density at radius 1 is 1.35 bits per heavy atom. The van der Waals surface area contributed by atoms with Crippen molar-refractivity contribution in [2.75, 3.05) is 11.9 Å². The van der Waals surface area contributed by atoms with Crippen molar-refractivity contribution in [2.24, 2.45) is 11.8 Å². The molecule has 0 bridgehead atoms. The van der Waals surface area contributed by atoms with E-state index >= 15 is 0 Å². The quantitative estimate of drug-likeness (QED) is 0.876. The first kappa shape index (κ1) is 15.2. The van der Waals surface area contributed by atoms with E-state index in [1.165, 1.54) is 30.6 Å². The van der Waals surface area contributed by atoms with Gasteiger partial charge in [0.1, 0.15) is 0 Å². The zero-order valence-electron chi connectivity index (χ0n) is 12.5. The van der Waals surface area contributed by atoms with Gasteiger partial charge in [-0.25, -0.2) is 0 Å². The summed E-state index contributed by atoms with van der Waals surface area (Å²) in [6.45, 7) is 7.26. The van der Waals surface area contributed by atoms with Crippen LogP contribution in [0.25, 0.3) is 0 Å². The molecule has 1 aliphatic rings. The van der Waals surface area contributed by atoms with Gasteiger partial charge in [-0.05, 0) is 31.6 Å². The van der Waals surface area contributed by atoms with Gasteiger partial charge in [-0.15, -0.1) is 10.2 Å². The van der Waals surface area contributed by atoms with Crippen molar-refractivity contribution in [1.29, 1.82) is 0 Å². The number of aromatic nitrogens is 2. The van der Waals surface area contributed by atoms with Crippen LogP contribution in [0, 0.1) is 11.8 Å². The van der Waals surface area contributed by atoms with E-state index in [0.717, 1.165) is 13.0 Å². The first-order chi connectivity index (χ1) is 9.61. The van der Waals surface area contributed by atoms with Crippen LogP contribution in [-0.4, -0.2) is 28.7 Å². The van der Waals surface area contributed by atoms with E-state index in [1.807, 2.05) is 6.92 Å². The molecule has 1 heterocycles. The van der Waals surface area contributed by atoms with Crippen molar-refractivity contribution >= 4 is 22.4 Å². The first-order valence-corrected chi connectivity index (χ1v) is 8.31. The van der Waals surface area contributed by atoms with E-state index in [1.54, 1.807) is 0 Å². The molecule has 2 unspecified atom stereocenters. The van der Waals surface area contributed by atoms with Crippen LogP contribution in [-0.2, 0) is 0 Å². The van der Waals surface area contributed by atoms with E-state index in [4.69, 9.17) is 0 Å². The lowest BCUT2D eigenvalue weighted by Crippen LogP contribution is -2.43. The molecule has 1 fully saturated rings. The maximum atomic E-state index is 12.3. The van der Waals surface area contributed by atoms with E-state index in [-0.39, 0.29) is 11.9 Å². The molecule has 2 atom stereocenters. The molecule has 5 nitrogen and oxygen atoms in total. The zero-order valence-corrected chi connectivity index (χ0v) is 13.3. The fourth-order valence-electron chi connectivity index (χ4n) is 2.90. The molecule has 0 aromatic carbocycles. The van der Waals surface area contributed by atoms with Crippen LogP contribution in [0.5, 0.6) is 0 Å². The summed E-state index contributed by atoms with van der Waals surface area (Å²) in [5.74, 6) is 1.10. The third-order valence-electron chi connectivity index (χ3n) is 3.94. The van der Waals surface area contributed by atoms with Gasteiger partial charge < -0.3 is 10.6 Å². The number of carbonyl (C=O) groups is 1. The highest BCUT2D eigenvalue weighted by molar-refractivity contribution is 7.17. The molecule has 2 rings (SSSR count). The topological polar surface area (TPSA) is 66.9 Å². The molecule has 112 valence electrons. The molecule has 0 saturated heterocycles. The zero-order chi connectivity index (χ0) is 14.5. The maximum Gasteiger partial charge on any atom is 0.282 e. The van der Waals surface area contributed by atoms with Crippen LogP contribution < -0.4 is 10.6 Å². The summed E-state index contributed by atoms with van der Waals surface area (Å²) in [5, 5.41) is 15.3. The number of nitrogens with one attached hydrogen (secondary N) is 2. The standard InChI is InChI=1S/C14H24N4OS/c1-4-15-14-18-17-13(20-14)12(19)16-11-8-6-5-7-10(11)9(2)3/h9-11H,4-8H2,1-3H3,(H,15,18)(H,16,19). The SMILES string of the molecule is CCNc1nnc(C(=O)NC2CCCCC2C(C)C)s1. The lowest BCUT2D eigenvalue weighted by atomic mass is 9.78. The predicted molar refractivity (Wildman–Crippen MR) is 82.1 cm³/mol. The Hall–Kier alpha value is -1.17. The summed E-state index contributed by atoms with van der Waals surface area (Å²) in [4.78, 5) is 12.3. The Balaban J connectivity index is 1.98. The molecular formula is C14H24N4OS. The number of nitrogens with zero attached hydrogens (tertiary/aromatic N) is 2. The van der Waals surface area contributed by atoms with Gasteiger partial charge in [-0.3, -0.25) is 4.79 Å². The number of carbonyl (C=O) groups excluding carboxylic acids is 1. The third kappa shape index (κ3) is 3.69. The molecule has 0 aliphatic heterocycles. The average Bonchev–Trinajstić information content (AvgIpc) is 2.88. The molecule has 2 N–H and O–H groups in total. The Bertz CT molecular complexity index is 446. The van der Waals surface area contributed by atoms with Crippen molar-refractivity contribution in [3.05, 3.63) is 5.01 Å². The van der Waals surface area contributed by atoms with Crippen molar-refractivity contribution in [3.63, 3.8) is 0 Å². The van der Waals surface area contributed by atoms with Gasteiger partial charge in [-0.1, -0.05) is 38.0 Å². The minimum atomic E-state index is -0.0794. The van der Waals surface area contributed by atoms with Gasteiger partial charge in [0.25, 0.3) is 5.91 Å². The number of hydrogen-bond acceptors (Lipinski definition) is 5. The summed E-state index contributed by atoms with van der Waals surface area (Å²) in [6, 6.07) is 0.280. The van der Waals surface area contributed by atoms with Gasteiger partial charge in [0, 0.05) is 12.6 Å². The number of rotatable bonds is 5. The highest BCUT2D eigenvalue weighted by Gasteiger charge is 2.29. The fraction of sp³-hybridized carbons (Fsp3) is 0.786. The second-order valence-electron chi connectivity index (χ2n) is 5.71. The van der Waals surface area contributed by atoms with Crippen molar-refractivity contribution in [1.82, 2.24) is 15.5 Å². The summed E-state index contributed by atoms with van der Waals surface area (Å²) in [6.07, 6.45) is 4.76. The Morgan fingerprint density at radius 2 is 2.10 bits per heavy atom. The van der Waals surface area contributed by atoms with Gasteiger partial charge in [0.05, 0.1) is 0 Å². The van der Waals surface area contributed by atoms with Crippen LogP contribution in [0.15, 0.2) is 0 Å². The normalized spacial score (nSPS) is 22.8. The van der Waals surface area contributed by atoms with Crippen LogP contribution in [0.3, 0.4) is 0 Å². The third-order valence-corrected chi connectivity index (χ3v) is 4.82. The predicted octanol–water partition coefficient (Wildman–Crippen LogP) is 2.91. The Morgan fingerprint density at radius 3 is 2.80 bits per heavy atom. The summed E-state index contributed by atoms with van der Waals surface area (Å²) in [5.41, 5.74) is 0. The second-order valence-corrected chi connectivity index (χ2v) is 6.69. The monoisotopic (exact) mass is 296 g/mol. The summed E-state index contributed by atoms with van der Waals surface area (Å²) < 4.78 is 0. The molecule has 0 radical (unpaired) electrons. The minimum Gasteiger partial charge on any atom is -0.360 e. The van der Waals surface area contributed by atoms with E-state index in [2.05, 4.69) is 34.7 Å². The summed E-state index contributed by atoms with van der Waals surface area (Å²) in [7, 11) is 0. The van der Waals surface area contributed by atoms with Crippen LogP contribution >= 0.6 is 11.3 Å². The van der Waals surface area contributed by atoms with E-state index < -0.39 is 0 Å². The lowest BCUT2D eigenvalue weighted by Gasteiger charge is -2.34. The van der Waals surface area contributed by atoms with Gasteiger partial charge in [0.15, 0.2) is 0 Å². The molecular weight excluding hydrogens is 272 g/mol. The van der Waals surface area contributed by atoms with Crippen molar-refractivity contribution < 1.29 is 4.79 Å². The molecule has 1 aromatic heterocycles. The molecule has 20 heavy (non-hydrogen) atoms. The molecule has 1 aliphatic carbocycles. The highest BCUT2D eigenvalue weighted by atomic mass is 32.1. The van der Waals surface area contributed by atoms with Crippen molar-refractivity contribution in [3.8, 4) is 0 Å². The number of hydrogen-bond donors (Lipinski definition) is 2. The summed E-state index contributed by atoms with van der Waals surface area (Å²) >= 11 is 1.32. The Labute approximate surface area is 124 Å². The fourth-order valence-corrected chi connectivity index (χ4v) is 3.62. The maximum absolute atomic E-state index is 12.3. The molecule has 1 saturated carbocycles. The Kier molecular flexibility index (Phi) is 5.34. The largest absolute Gasteiger partial charge is 0.360 e. The van der Waals surface area contributed by atoms with Crippen LogP contribution in [0.1, 0.15) is 56.3 Å². The smallest absolute Gasteiger partial charge is 0.282 e. The highest BCUT2D eigenvalue weighted by Crippen LogP contribution is 2.30. The van der Waals surface area contributed by atoms with Gasteiger partial charge in [-0.2, -0.15) is 0 Å². The van der Waals surface area contributed by atoms with E-state index in [0.29, 0.717) is 22.0 Å². The molecule has 6 heteroatoms. The number of anilines is 1. The number of amides is 1. The average molecular weight is 296 g/mol. The van der Waals surface area contributed by atoms with Crippen molar-refractivity contribution in [2.45, 2.75) is 52.5 Å². The minimum absolute atomic E-state index is 0.0794. The molecule has 1 amide bonds. The molecule has 0 spiro atoms. The van der Waals surface area contributed by atoms with Crippen LogP contribution in [0.2, 0.25) is 0 Å².